The lowest BCUT2D eigenvalue weighted by molar-refractivity contribution is 0.955. The SMILES string of the molecule is C[C](C)Cc1ccc(CCBr)cc1. The Labute approximate surface area is 89.5 Å². The van der Waals surface area contributed by atoms with E-state index in [1.807, 2.05) is 0 Å². The third-order valence-corrected chi connectivity index (χ3v) is 2.36. The first-order chi connectivity index (χ1) is 6.22. The highest BCUT2D eigenvalue weighted by Crippen LogP contribution is 2.11. The van der Waals surface area contributed by atoms with Gasteiger partial charge in [0.2, 0.25) is 0 Å². The lowest BCUT2D eigenvalue weighted by Gasteiger charge is -2.05. The molecule has 0 spiro atoms. The van der Waals surface area contributed by atoms with Crippen LogP contribution in [0.25, 0.3) is 0 Å². The van der Waals surface area contributed by atoms with Crippen LogP contribution >= 0.6 is 15.9 Å². The molecule has 71 valence electrons. The normalized spacial score (nSPS) is 10.8. The van der Waals surface area contributed by atoms with Crippen molar-refractivity contribution in [1.29, 1.82) is 0 Å². The zero-order chi connectivity index (χ0) is 9.68. The van der Waals surface area contributed by atoms with E-state index in [9.17, 15) is 0 Å². The van der Waals surface area contributed by atoms with Gasteiger partial charge in [0, 0.05) is 5.33 Å². The van der Waals surface area contributed by atoms with Gasteiger partial charge in [-0.3, -0.25) is 0 Å². The molecule has 0 aliphatic heterocycles. The van der Waals surface area contributed by atoms with E-state index in [4.69, 9.17) is 0 Å². The molecule has 0 N–H and O–H groups in total. The van der Waals surface area contributed by atoms with Crippen molar-refractivity contribution in [1.82, 2.24) is 0 Å². The van der Waals surface area contributed by atoms with Crippen LogP contribution < -0.4 is 0 Å². The third kappa shape index (κ3) is 3.95. The predicted octanol–water partition coefficient (Wildman–Crippen LogP) is 3.78. The summed E-state index contributed by atoms with van der Waals surface area (Å²) in [5.74, 6) is 1.47. The summed E-state index contributed by atoms with van der Waals surface area (Å²) >= 11 is 3.44. The smallest absolute Gasteiger partial charge is 0.00718 e. The van der Waals surface area contributed by atoms with Crippen LogP contribution in [-0.2, 0) is 12.8 Å². The standard InChI is InChI=1S/C12H16Br/c1-10(2)9-12-5-3-11(4-6-12)7-8-13/h3-6H,7-9H2,1-2H3. The minimum atomic E-state index is 1.05. The molecule has 1 rings (SSSR count). The van der Waals surface area contributed by atoms with Gasteiger partial charge in [0.25, 0.3) is 0 Å². The van der Waals surface area contributed by atoms with Crippen LogP contribution in [0.15, 0.2) is 24.3 Å². The van der Waals surface area contributed by atoms with E-state index in [0.29, 0.717) is 0 Å². The Morgan fingerprint density at radius 2 is 1.62 bits per heavy atom. The number of alkyl halides is 1. The van der Waals surface area contributed by atoms with Gasteiger partial charge in [-0.25, -0.2) is 0 Å². The van der Waals surface area contributed by atoms with Crippen LogP contribution in [0.1, 0.15) is 25.0 Å². The van der Waals surface area contributed by atoms with Crippen molar-refractivity contribution in [3.8, 4) is 0 Å². The van der Waals surface area contributed by atoms with Crippen LogP contribution in [0.3, 0.4) is 0 Å². The van der Waals surface area contributed by atoms with Gasteiger partial charge in [-0.1, -0.05) is 54.0 Å². The Hall–Kier alpha value is -0.300. The first-order valence-electron chi connectivity index (χ1n) is 4.65. The number of hydrogen-bond acceptors (Lipinski definition) is 0. The minimum absolute atomic E-state index is 1.05. The summed E-state index contributed by atoms with van der Waals surface area (Å²) in [5, 5.41) is 1.05. The molecule has 0 heterocycles. The zero-order valence-electron chi connectivity index (χ0n) is 8.31. The summed E-state index contributed by atoms with van der Waals surface area (Å²) in [7, 11) is 0. The Morgan fingerprint density at radius 3 is 2.08 bits per heavy atom. The number of benzene rings is 1. The molecule has 0 bridgehead atoms. The molecule has 0 saturated heterocycles. The molecule has 13 heavy (non-hydrogen) atoms. The molecule has 1 aromatic carbocycles. The molecule has 1 radical (unpaired) electrons. The Bertz CT molecular complexity index is 236. The highest BCUT2D eigenvalue weighted by Gasteiger charge is 1.97. The number of aryl methyl sites for hydroxylation is 1. The van der Waals surface area contributed by atoms with Crippen molar-refractivity contribution in [3.05, 3.63) is 41.3 Å². The van der Waals surface area contributed by atoms with Crippen LogP contribution in [0, 0.1) is 5.92 Å². The summed E-state index contributed by atoms with van der Waals surface area (Å²) in [6.07, 6.45) is 2.23. The highest BCUT2D eigenvalue weighted by molar-refractivity contribution is 9.09. The van der Waals surface area contributed by atoms with E-state index in [0.717, 1.165) is 18.2 Å². The second-order valence-corrected chi connectivity index (χ2v) is 4.43. The fraction of sp³-hybridized carbons (Fsp3) is 0.417. The summed E-state index contributed by atoms with van der Waals surface area (Å²) in [6.45, 7) is 4.35. The van der Waals surface area contributed by atoms with Crippen LogP contribution in [0.2, 0.25) is 0 Å². The second-order valence-electron chi connectivity index (χ2n) is 3.64. The summed E-state index contributed by atoms with van der Waals surface area (Å²) < 4.78 is 0. The molecule has 0 nitrogen and oxygen atoms in total. The molecule has 0 unspecified atom stereocenters. The quantitative estimate of drug-likeness (QED) is 0.702. The fourth-order valence-corrected chi connectivity index (χ4v) is 1.80. The summed E-state index contributed by atoms with van der Waals surface area (Å²) in [6, 6.07) is 8.90. The monoisotopic (exact) mass is 239 g/mol. The van der Waals surface area contributed by atoms with Gasteiger partial charge in [-0.05, 0) is 29.9 Å². The van der Waals surface area contributed by atoms with Crippen molar-refractivity contribution < 1.29 is 0 Å². The molecular weight excluding hydrogens is 224 g/mol. The number of hydrogen-bond donors (Lipinski definition) is 0. The largest absolute Gasteiger partial charge is 0.0924 e. The number of rotatable bonds is 4. The Morgan fingerprint density at radius 1 is 1.08 bits per heavy atom. The molecule has 0 aromatic heterocycles. The van der Waals surface area contributed by atoms with Gasteiger partial charge >= 0.3 is 0 Å². The van der Waals surface area contributed by atoms with Gasteiger partial charge in [-0.2, -0.15) is 0 Å². The highest BCUT2D eigenvalue weighted by atomic mass is 79.9. The predicted molar refractivity (Wildman–Crippen MR) is 62.2 cm³/mol. The molecule has 0 fully saturated rings. The van der Waals surface area contributed by atoms with Gasteiger partial charge in [-0.15, -0.1) is 0 Å². The first kappa shape index (κ1) is 10.8. The zero-order valence-corrected chi connectivity index (χ0v) is 9.89. The minimum Gasteiger partial charge on any atom is -0.0924 e. The second kappa shape index (κ2) is 5.43. The Kier molecular flexibility index (Phi) is 4.51. The third-order valence-electron chi connectivity index (χ3n) is 1.96. The summed E-state index contributed by atoms with van der Waals surface area (Å²) in [4.78, 5) is 0. The molecule has 0 atom stereocenters. The molecule has 0 saturated carbocycles. The van der Waals surface area contributed by atoms with Gasteiger partial charge in [0.1, 0.15) is 0 Å². The van der Waals surface area contributed by atoms with Crippen LogP contribution in [0.5, 0.6) is 0 Å². The number of halogens is 1. The molecular formula is C12H16Br. The average Bonchev–Trinajstić information content (AvgIpc) is 2.08. The van der Waals surface area contributed by atoms with Gasteiger partial charge in [0.15, 0.2) is 0 Å². The maximum absolute atomic E-state index is 3.44. The van der Waals surface area contributed by atoms with Gasteiger partial charge < -0.3 is 0 Å². The van der Waals surface area contributed by atoms with Crippen molar-refractivity contribution in [2.45, 2.75) is 26.7 Å². The maximum atomic E-state index is 3.44. The topological polar surface area (TPSA) is 0 Å². The molecule has 0 aliphatic rings. The van der Waals surface area contributed by atoms with E-state index in [1.165, 1.54) is 17.0 Å². The van der Waals surface area contributed by atoms with E-state index in [1.54, 1.807) is 0 Å². The summed E-state index contributed by atoms with van der Waals surface area (Å²) in [5.41, 5.74) is 2.83. The van der Waals surface area contributed by atoms with Crippen molar-refractivity contribution in [3.63, 3.8) is 0 Å². The van der Waals surface area contributed by atoms with E-state index in [2.05, 4.69) is 54.0 Å². The van der Waals surface area contributed by atoms with Gasteiger partial charge in [0.05, 0.1) is 0 Å². The molecule has 0 amide bonds. The molecule has 1 aromatic rings. The lowest BCUT2D eigenvalue weighted by Crippen LogP contribution is -1.92. The van der Waals surface area contributed by atoms with E-state index in [-0.39, 0.29) is 0 Å². The molecule has 1 heteroatoms. The van der Waals surface area contributed by atoms with E-state index >= 15 is 0 Å². The Balaban J connectivity index is 2.59. The van der Waals surface area contributed by atoms with Crippen LogP contribution in [-0.4, -0.2) is 5.33 Å². The first-order valence-corrected chi connectivity index (χ1v) is 5.77. The van der Waals surface area contributed by atoms with Crippen LogP contribution in [0.4, 0.5) is 0 Å². The van der Waals surface area contributed by atoms with Crippen molar-refractivity contribution in [2.75, 3.05) is 5.33 Å². The lowest BCUT2D eigenvalue weighted by atomic mass is 10.0. The maximum Gasteiger partial charge on any atom is 0.00718 e. The average molecular weight is 240 g/mol. The van der Waals surface area contributed by atoms with E-state index < -0.39 is 0 Å². The van der Waals surface area contributed by atoms with Crippen molar-refractivity contribution in [2.24, 2.45) is 0 Å². The van der Waals surface area contributed by atoms with Crippen molar-refractivity contribution >= 4 is 15.9 Å². The fourth-order valence-electron chi connectivity index (χ4n) is 1.34. The molecule has 0 aliphatic carbocycles.